The number of nitriles is 1. The lowest BCUT2D eigenvalue weighted by Gasteiger charge is -2.30. The Kier molecular flexibility index (Phi) is 4.18. The summed E-state index contributed by atoms with van der Waals surface area (Å²) in [7, 11) is 0. The summed E-state index contributed by atoms with van der Waals surface area (Å²) in [6.07, 6.45) is 0.938. The molecule has 19 heavy (non-hydrogen) atoms. The van der Waals surface area contributed by atoms with Gasteiger partial charge in [-0.1, -0.05) is 30.3 Å². The van der Waals surface area contributed by atoms with E-state index >= 15 is 0 Å². The molecule has 1 aromatic rings. The molecule has 1 aliphatic rings. The van der Waals surface area contributed by atoms with Crippen molar-refractivity contribution in [1.82, 2.24) is 5.32 Å². The lowest BCUT2D eigenvalue weighted by molar-refractivity contribution is -0.133. The zero-order valence-electron chi connectivity index (χ0n) is 11.1. The highest BCUT2D eigenvalue weighted by molar-refractivity contribution is 5.85. The van der Waals surface area contributed by atoms with Crippen LogP contribution in [0.4, 0.5) is 0 Å². The summed E-state index contributed by atoms with van der Waals surface area (Å²) in [5.74, 6) is -0.186. The third-order valence-corrected chi connectivity index (χ3v) is 3.64. The Hall–Kier alpha value is -1.86. The zero-order valence-corrected chi connectivity index (χ0v) is 11.1. The van der Waals surface area contributed by atoms with Crippen molar-refractivity contribution in [3.63, 3.8) is 0 Å². The minimum Gasteiger partial charge on any atom is -0.381 e. The van der Waals surface area contributed by atoms with Gasteiger partial charge in [-0.2, -0.15) is 5.26 Å². The third-order valence-electron chi connectivity index (χ3n) is 3.64. The van der Waals surface area contributed by atoms with Gasteiger partial charge in [-0.15, -0.1) is 0 Å². The first kappa shape index (κ1) is 13.6. The molecule has 0 aromatic heterocycles. The number of nitrogens with zero attached hydrogens (tertiary/aromatic N) is 1. The quantitative estimate of drug-likeness (QED) is 0.904. The summed E-state index contributed by atoms with van der Waals surface area (Å²) >= 11 is 0. The van der Waals surface area contributed by atoms with Crippen LogP contribution >= 0.6 is 0 Å². The number of carbonyl (C=O) groups is 1. The number of nitrogens with one attached hydrogen (secondary N) is 1. The van der Waals surface area contributed by atoms with E-state index in [-0.39, 0.29) is 11.9 Å². The van der Waals surface area contributed by atoms with Gasteiger partial charge in [0, 0.05) is 13.2 Å². The predicted molar refractivity (Wildman–Crippen MR) is 71.1 cm³/mol. The molecular formula is C15H18N2O2. The lowest BCUT2D eigenvalue weighted by Crippen LogP contribution is -2.44. The van der Waals surface area contributed by atoms with Crippen LogP contribution in [-0.2, 0) is 9.53 Å². The van der Waals surface area contributed by atoms with Crippen LogP contribution in [0.2, 0.25) is 0 Å². The average Bonchev–Trinajstić information content (AvgIpc) is 2.48. The Bertz CT molecular complexity index is 473. The van der Waals surface area contributed by atoms with Gasteiger partial charge < -0.3 is 10.1 Å². The number of ether oxygens (including phenoxy) is 1. The number of hydrogen-bond acceptors (Lipinski definition) is 3. The number of carbonyl (C=O) groups excluding carboxylic acids is 1. The molecule has 0 saturated carbocycles. The van der Waals surface area contributed by atoms with Gasteiger partial charge in [0.15, 0.2) is 0 Å². The fourth-order valence-corrected chi connectivity index (χ4v) is 2.27. The van der Waals surface area contributed by atoms with Crippen LogP contribution in [0.5, 0.6) is 0 Å². The molecule has 4 nitrogen and oxygen atoms in total. The second-order valence-electron chi connectivity index (χ2n) is 4.91. The fraction of sp³-hybridized carbons (Fsp3) is 0.467. The van der Waals surface area contributed by atoms with Gasteiger partial charge in [0.25, 0.3) is 0 Å². The van der Waals surface area contributed by atoms with E-state index in [1.165, 1.54) is 0 Å². The van der Waals surface area contributed by atoms with Crippen LogP contribution in [0.15, 0.2) is 30.3 Å². The van der Waals surface area contributed by atoms with E-state index in [0.29, 0.717) is 26.1 Å². The SMILES string of the molecule is CC(NC(=O)C1(C#N)CCOCC1)c1ccccc1. The zero-order chi connectivity index (χ0) is 13.7. The van der Waals surface area contributed by atoms with E-state index in [4.69, 9.17) is 4.74 Å². The Labute approximate surface area is 113 Å². The molecule has 1 N–H and O–H groups in total. The fourth-order valence-electron chi connectivity index (χ4n) is 2.27. The molecule has 1 saturated heterocycles. The summed E-state index contributed by atoms with van der Waals surface area (Å²) in [4.78, 5) is 12.3. The number of rotatable bonds is 3. The Morgan fingerprint density at radius 2 is 2.00 bits per heavy atom. The highest BCUT2D eigenvalue weighted by Gasteiger charge is 2.40. The molecule has 1 aliphatic heterocycles. The van der Waals surface area contributed by atoms with Gasteiger partial charge in [-0.3, -0.25) is 4.79 Å². The molecule has 0 aliphatic carbocycles. The second-order valence-corrected chi connectivity index (χ2v) is 4.91. The van der Waals surface area contributed by atoms with Gasteiger partial charge in [0.05, 0.1) is 12.1 Å². The van der Waals surface area contributed by atoms with Gasteiger partial charge in [0.2, 0.25) is 5.91 Å². The van der Waals surface area contributed by atoms with Crippen molar-refractivity contribution in [3.8, 4) is 6.07 Å². The molecule has 1 unspecified atom stereocenters. The smallest absolute Gasteiger partial charge is 0.241 e. The van der Waals surface area contributed by atoms with Gasteiger partial charge in [-0.25, -0.2) is 0 Å². The first-order valence-corrected chi connectivity index (χ1v) is 6.53. The van der Waals surface area contributed by atoms with E-state index in [1.807, 2.05) is 37.3 Å². The standard InChI is InChI=1S/C15H18N2O2/c1-12(13-5-3-2-4-6-13)17-14(18)15(11-16)7-9-19-10-8-15/h2-6,12H,7-10H2,1H3,(H,17,18). The maximum Gasteiger partial charge on any atom is 0.241 e. The van der Waals surface area contributed by atoms with E-state index in [9.17, 15) is 10.1 Å². The van der Waals surface area contributed by atoms with Gasteiger partial charge in [0.1, 0.15) is 5.41 Å². The maximum atomic E-state index is 12.3. The van der Waals surface area contributed by atoms with Crippen LogP contribution in [0, 0.1) is 16.7 Å². The lowest BCUT2D eigenvalue weighted by atomic mass is 9.80. The van der Waals surface area contributed by atoms with Crippen molar-refractivity contribution in [2.75, 3.05) is 13.2 Å². The van der Waals surface area contributed by atoms with Crippen LogP contribution in [0.1, 0.15) is 31.4 Å². The Balaban J connectivity index is 2.06. The Morgan fingerprint density at radius 1 is 1.37 bits per heavy atom. The van der Waals surface area contributed by atoms with E-state index in [0.717, 1.165) is 5.56 Å². The van der Waals surface area contributed by atoms with Gasteiger partial charge in [-0.05, 0) is 25.3 Å². The molecule has 1 heterocycles. The molecule has 0 spiro atoms. The van der Waals surface area contributed by atoms with Crippen LogP contribution in [-0.4, -0.2) is 19.1 Å². The third kappa shape index (κ3) is 2.94. The topological polar surface area (TPSA) is 62.1 Å². The molecule has 1 amide bonds. The largest absolute Gasteiger partial charge is 0.381 e. The molecule has 0 radical (unpaired) electrons. The molecule has 2 rings (SSSR count). The minimum atomic E-state index is -0.929. The minimum absolute atomic E-state index is 0.0956. The highest BCUT2D eigenvalue weighted by Crippen LogP contribution is 2.30. The molecule has 1 fully saturated rings. The summed E-state index contributed by atoms with van der Waals surface area (Å²) < 4.78 is 5.24. The number of benzene rings is 1. The Morgan fingerprint density at radius 3 is 2.58 bits per heavy atom. The summed E-state index contributed by atoms with van der Waals surface area (Å²) in [6, 6.07) is 11.8. The second kappa shape index (κ2) is 5.85. The molecule has 0 bridgehead atoms. The van der Waals surface area contributed by atoms with E-state index < -0.39 is 5.41 Å². The van der Waals surface area contributed by atoms with E-state index in [1.54, 1.807) is 0 Å². The maximum absolute atomic E-state index is 12.3. The van der Waals surface area contributed by atoms with Crippen molar-refractivity contribution in [2.45, 2.75) is 25.8 Å². The monoisotopic (exact) mass is 258 g/mol. The van der Waals surface area contributed by atoms with Crippen LogP contribution in [0.25, 0.3) is 0 Å². The van der Waals surface area contributed by atoms with Crippen LogP contribution in [0.3, 0.4) is 0 Å². The first-order chi connectivity index (χ1) is 9.18. The summed E-state index contributed by atoms with van der Waals surface area (Å²) in [6.45, 7) is 2.87. The highest BCUT2D eigenvalue weighted by atomic mass is 16.5. The van der Waals surface area contributed by atoms with Crippen molar-refractivity contribution < 1.29 is 9.53 Å². The van der Waals surface area contributed by atoms with Crippen molar-refractivity contribution in [3.05, 3.63) is 35.9 Å². The number of amides is 1. The summed E-state index contributed by atoms with van der Waals surface area (Å²) in [5.41, 5.74) is 0.109. The summed E-state index contributed by atoms with van der Waals surface area (Å²) in [5, 5.41) is 12.3. The normalized spacial score (nSPS) is 19.2. The van der Waals surface area contributed by atoms with Crippen molar-refractivity contribution in [1.29, 1.82) is 5.26 Å². The van der Waals surface area contributed by atoms with Gasteiger partial charge >= 0.3 is 0 Å². The molecule has 1 atom stereocenters. The average molecular weight is 258 g/mol. The molecule has 1 aromatic carbocycles. The van der Waals surface area contributed by atoms with Crippen molar-refractivity contribution in [2.24, 2.45) is 5.41 Å². The number of hydrogen-bond donors (Lipinski definition) is 1. The molecule has 100 valence electrons. The van der Waals surface area contributed by atoms with Crippen LogP contribution < -0.4 is 5.32 Å². The molecule has 4 heteroatoms. The predicted octanol–water partition coefficient (Wildman–Crippen LogP) is 2.18. The van der Waals surface area contributed by atoms with Crippen molar-refractivity contribution >= 4 is 5.91 Å². The first-order valence-electron chi connectivity index (χ1n) is 6.53. The van der Waals surface area contributed by atoms with E-state index in [2.05, 4.69) is 11.4 Å². The molecular weight excluding hydrogens is 240 g/mol.